The number of benzene rings is 2. The molecule has 0 aliphatic rings. The highest BCUT2D eigenvalue weighted by atomic mass is 16.5. The van der Waals surface area contributed by atoms with Gasteiger partial charge in [-0.15, -0.1) is 0 Å². The smallest absolute Gasteiger partial charge is 0.331 e. The molecule has 48 heavy (non-hydrogen) atoms. The van der Waals surface area contributed by atoms with Crippen LogP contribution >= 0.6 is 0 Å². The van der Waals surface area contributed by atoms with E-state index in [1.165, 1.54) is 36.2 Å². The topological polar surface area (TPSA) is 139 Å². The third kappa shape index (κ3) is 6.95. The van der Waals surface area contributed by atoms with E-state index >= 15 is 0 Å². The highest BCUT2D eigenvalue weighted by Gasteiger charge is 2.39. The van der Waals surface area contributed by atoms with Gasteiger partial charge in [0, 0.05) is 36.3 Å². The van der Waals surface area contributed by atoms with Crippen LogP contribution in [-0.2, 0) is 19.1 Å². The lowest BCUT2D eigenvalue weighted by atomic mass is 9.96. The number of ether oxygens (including phenoxy) is 2. The van der Waals surface area contributed by atoms with Crippen molar-refractivity contribution in [1.29, 1.82) is 0 Å². The summed E-state index contributed by atoms with van der Waals surface area (Å²) in [4.78, 5) is 62.2. The Morgan fingerprint density at radius 3 is 1.42 bits per heavy atom. The van der Waals surface area contributed by atoms with Gasteiger partial charge in [0.25, 0.3) is 11.8 Å². The molecule has 0 spiro atoms. The minimum atomic E-state index is -1.13. The number of hydrogen-bond acceptors (Lipinski definition) is 9. The van der Waals surface area contributed by atoms with Gasteiger partial charge in [-0.25, -0.2) is 9.59 Å². The second-order valence-corrected chi connectivity index (χ2v) is 12.9. The van der Waals surface area contributed by atoms with Crippen molar-refractivity contribution in [3.8, 4) is 5.75 Å². The number of amides is 2. The van der Waals surface area contributed by atoms with Gasteiger partial charge in [0.05, 0.1) is 36.4 Å². The van der Waals surface area contributed by atoms with Crippen LogP contribution in [0, 0.1) is 34.6 Å². The summed E-state index contributed by atoms with van der Waals surface area (Å²) in [5.74, 6) is -1.46. The highest BCUT2D eigenvalue weighted by Crippen LogP contribution is 2.30. The van der Waals surface area contributed by atoms with Gasteiger partial charge >= 0.3 is 11.9 Å². The second kappa shape index (κ2) is 14.0. The predicted octanol–water partition coefficient (Wildman–Crippen LogP) is 5.76. The van der Waals surface area contributed by atoms with E-state index in [0.717, 1.165) is 33.4 Å². The van der Waals surface area contributed by atoms with Crippen molar-refractivity contribution < 1.29 is 33.8 Å². The Labute approximate surface area is 281 Å². The maximum absolute atomic E-state index is 13.2. The van der Waals surface area contributed by atoms with Crippen LogP contribution in [-0.4, -0.2) is 88.0 Å². The molecule has 0 fully saturated rings. The van der Waals surface area contributed by atoms with Crippen LogP contribution < -0.4 is 0 Å². The molecule has 0 bridgehead atoms. The van der Waals surface area contributed by atoms with Crippen LogP contribution in [0.2, 0.25) is 0 Å². The zero-order valence-electron chi connectivity index (χ0n) is 30.1. The largest absolute Gasteiger partial charge is 0.508 e. The molecule has 256 valence electrons. The third-order valence-corrected chi connectivity index (χ3v) is 9.17. The summed E-state index contributed by atoms with van der Waals surface area (Å²) in [6.45, 7) is 16.0. The van der Waals surface area contributed by atoms with Crippen molar-refractivity contribution in [2.75, 3.05) is 28.3 Å². The molecule has 0 aliphatic carbocycles. The summed E-state index contributed by atoms with van der Waals surface area (Å²) < 4.78 is 9.64. The lowest BCUT2D eigenvalue weighted by Crippen LogP contribution is -2.51. The average molecular weight is 659 g/mol. The first-order valence-electron chi connectivity index (χ1n) is 15.4. The number of likely N-dealkylation sites (N-methyl/N-ethyl adjacent to an activating group) is 2. The van der Waals surface area contributed by atoms with Crippen molar-refractivity contribution in [1.82, 2.24) is 19.8 Å². The van der Waals surface area contributed by atoms with Gasteiger partial charge in [0.1, 0.15) is 16.8 Å². The van der Waals surface area contributed by atoms with Crippen molar-refractivity contribution in [3.63, 3.8) is 0 Å². The lowest BCUT2D eigenvalue weighted by Gasteiger charge is -2.33. The SMILES string of the molecule is COC(=O)C(C)(C)N(C)C(=O)c1c(C)c(C)nc2ccc(C)cc12.COC(=O)C(C)(C)N(C)C(=O)c1c(C)c(C)nc2ccc(O)cc12. The summed E-state index contributed by atoms with van der Waals surface area (Å²) >= 11 is 0. The highest BCUT2D eigenvalue weighted by molar-refractivity contribution is 6.10. The fourth-order valence-corrected chi connectivity index (χ4v) is 5.23. The Hall–Kier alpha value is -5.06. The minimum Gasteiger partial charge on any atom is -0.508 e. The molecule has 0 saturated heterocycles. The molecule has 1 N–H and O–H groups in total. The first-order chi connectivity index (χ1) is 22.2. The molecule has 0 atom stereocenters. The van der Waals surface area contributed by atoms with Gasteiger partial charge in [-0.1, -0.05) is 11.6 Å². The zero-order valence-corrected chi connectivity index (χ0v) is 30.1. The number of methoxy groups -OCH3 is 2. The van der Waals surface area contributed by atoms with Crippen LogP contribution in [0.25, 0.3) is 21.8 Å². The van der Waals surface area contributed by atoms with Crippen LogP contribution in [0.5, 0.6) is 5.75 Å². The van der Waals surface area contributed by atoms with Crippen LogP contribution in [0.3, 0.4) is 0 Å². The second-order valence-electron chi connectivity index (χ2n) is 12.9. The molecule has 2 heterocycles. The van der Waals surface area contributed by atoms with Crippen molar-refractivity contribution in [2.45, 2.75) is 73.4 Å². The quantitative estimate of drug-likeness (QED) is 0.256. The van der Waals surface area contributed by atoms with Crippen molar-refractivity contribution in [2.24, 2.45) is 0 Å². The minimum absolute atomic E-state index is 0.0523. The molecule has 2 amide bonds. The van der Waals surface area contributed by atoms with E-state index in [9.17, 15) is 24.3 Å². The Morgan fingerprint density at radius 1 is 0.646 bits per heavy atom. The summed E-state index contributed by atoms with van der Waals surface area (Å²) in [7, 11) is 5.79. The Balaban J connectivity index is 0.000000260. The summed E-state index contributed by atoms with van der Waals surface area (Å²) in [6, 6.07) is 10.6. The molecule has 0 saturated carbocycles. The number of nitrogens with zero attached hydrogens (tertiary/aromatic N) is 4. The van der Waals surface area contributed by atoms with Crippen LogP contribution in [0.1, 0.15) is 76.5 Å². The number of carbonyl (C=O) groups is 4. The van der Waals surface area contributed by atoms with E-state index in [2.05, 4.69) is 9.97 Å². The lowest BCUT2D eigenvalue weighted by molar-refractivity contribution is -0.151. The molecule has 4 rings (SSSR count). The van der Waals surface area contributed by atoms with Gasteiger partial charge in [0.15, 0.2) is 0 Å². The van der Waals surface area contributed by atoms with E-state index in [4.69, 9.17) is 9.47 Å². The summed E-state index contributed by atoms with van der Waals surface area (Å²) in [5.41, 5.74) is 4.32. The maximum atomic E-state index is 13.2. The number of aromatic nitrogens is 2. The van der Waals surface area contributed by atoms with E-state index in [0.29, 0.717) is 27.6 Å². The monoisotopic (exact) mass is 658 g/mol. The van der Waals surface area contributed by atoms with Gasteiger partial charge in [0.2, 0.25) is 0 Å². The van der Waals surface area contributed by atoms with Gasteiger partial charge in [-0.2, -0.15) is 0 Å². The van der Waals surface area contributed by atoms with Gasteiger partial charge in [-0.05, 0) is 104 Å². The first-order valence-corrected chi connectivity index (χ1v) is 15.4. The number of fused-ring (bicyclic) bond motifs is 2. The number of phenolic OH excluding ortho intramolecular Hbond substituents is 1. The number of esters is 2. The Kier molecular flexibility index (Phi) is 10.9. The molecule has 4 aromatic rings. The van der Waals surface area contributed by atoms with Crippen LogP contribution in [0.4, 0.5) is 0 Å². The summed E-state index contributed by atoms with van der Waals surface area (Å²) in [6.07, 6.45) is 0. The molecule has 2 aromatic heterocycles. The van der Waals surface area contributed by atoms with Crippen molar-refractivity contribution in [3.05, 3.63) is 75.6 Å². The zero-order chi connectivity index (χ0) is 36.5. The number of rotatable bonds is 6. The van der Waals surface area contributed by atoms with E-state index in [-0.39, 0.29) is 17.6 Å². The molecule has 11 nitrogen and oxygen atoms in total. The van der Waals surface area contributed by atoms with Gasteiger partial charge < -0.3 is 24.4 Å². The predicted molar refractivity (Wildman–Crippen MR) is 185 cm³/mol. The molecule has 0 radical (unpaired) electrons. The van der Waals surface area contributed by atoms with Crippen LogP contribution in [0.15, 0.2) is 36.4 Å². The van der Waals surface area contributed by atoms with Gasteiger partial charge in [-0.3, -0.25) is 19.6 Å². The molecule has 11 heteroatoms. The number of aryl methyl sites for hydroxylation is 3. The van der Waals surface area contributed by atoms with E-state index in [1.54, 1.807) is 54.8 Å². The number of pyridine rings is 2. The molecular formula is C37H46N4O7. The molecule has 0 aliphatic heterocycles. The maximum Gasteiger partial charge on any atom is 0.331 e. The normalized spacial score (nSPS) is 11.4. The molecule has 0 unspecified atom stereocenters. The van der Waals surface area contributed by atoms with E-state index < -0.39 is 23.0 Å². The summed E-state index contributed by atoms with van der Waals surface area (Å²) in [5, 5.41) is 11.1. The standard InChI is InChI=1S/C19H24N2O3.C18H22N2O4/c1-11-8-9-15-14(10-11)16(12(2)13(3)20-15)17(22)21(6)19(4,5)18(23)24-7;1-10-11(2)19-14-8-7-12(21)9-13(14)15(10)16(22)20(5)18(3,4)17(23)24-6/h8-10H,1-7H3;7-9,21H,1-6H3. The number of phenols is 1. The fourth-order valence-electron chi connectivity index (χ4n) is 5.23. The number of aromatic hydroxyl groups is 1. The van der Waals surface area contributed by atoms with E-state index in [1.807, 2.05) is 45.9 Å². The third-order valence-electron chi connectivity index (χ3n) is 9.17. The molecule has 2 aromatic carbocycles. The average Bonchev–Trinajstić information content (AvgIpc) is 3.04. The fraction of sp³-hybridized carbons (Fsp3) is 0.405. The number of carbonyl (C=O) groups excluding carboxylic acids is 4. The number of hydrogen-bond donors (Lipinski definition) is 1. The molecular weight excluding hydrogens is 612 g/mol. The Morgan fingerprint density at radius 2 is 1.02 bits per heavy atom. The van der Waals surface area contributed by atoms with Crippen molar-refractivity contribution >= 4 is 45.6 Å². The Bertz CT molecular complexity index is 1790. The first kappa shape index (κ1) is 37.4.